The van der Waals surface area contributed by atoms with Gasteiger partial charge in [-0.05, 0) is 43.1 Å². The molecule has 26 heavy (non-hydrogen) atoms. The van der Waals surface area contributed by atoms with E-state index in [2.05, 4.69) is 15.1 Å². The van der Waals surface area contributed by atoms with E-state index in [4.69, 9.17) is 0 Å². The first-order valence-electron chi connectivity index (χ1n) is 8.95. The third kappa shape index (κ3) is 3.53. The molecule has 2 aromatic carbocycles. The molecule has 5 heteroatoms. The standard InChI is InChI=1S/C21H21F2N3/c22-18-8-3-6-15(11-18)19-12-24-25-21(19)17-7-4-10-26(14-17)13-16-5-1-2-9-20(16)23/h1-3,5-6,8-9,11-12,17H,4,7,10,13-14H2,(H,24,25). The molecular formula is C21H21F2N3. The Hall–Kier alpha value is -2.53. The Morgan fingerprint density at radius 2 is 2.00 bits per heavy atom. The van der Waals surface area contributed by atoms with Gasteiger partial charge in [0, 0.05) is 35.8 Å². The molecule has 1 N–H and O–H groups in total. The number of hydrogen-bond acceptors (Lipinski definition) is 2. The van der Waals surface area contributed by atoms with Crippen molar-refractivity contribution in [2.75, 3.05) is 13.1 Å². The lowest BCUT2D eigenvalue weighted by atomic mass is 9.90. The van der Waals surface area contributed by atoms with E-state index in [1.165, 1.54) is 18.2 Å². The van der Waals surface area contributed by atoms with Crippen molar-refractivity contribution in [2.24, 2.45) is 0 Å². The molecule has 0 saturated carbocycles. The number of likely N-dealkylation sites (tertiary alicyclic amines) is 1. The molecule has 0 amide bonds. The maximum Gasteiger partial charge on any atom is 0.127 e. The first kappa shape index (κ1) is 16.9. The van der Waals surface area contributed by atoms with Gasteiger partial charge in [-0.1, -0.05) is 30.3 Å². The summed E-state index contributed by atoms with van der Waals surface area (Å²) in [4.78, 5) is 2.28. The fourth-order valence-electron chi connectivity index (χ4n) is 3.80. The van der Waals surface area contributed by atoms with Gasteiger partial charge in [0.05, 0.1) is 6.20 Å². The average molecular weight is 353 g/mol. The zero-order valence-corrected chi connectivity index (χ0v) is 14.5. The molecule has 1 unspecified atom stereocenters. The summed E-state index contributed by atoms with van der Waals surface area (Å²) in [5.74, 6) is -0.132. The van der Waals surface area contributed by atoms with Gasteiger partial charge in [-0.15, -0.1) is 0 Å². The topological polar surface area (TPSA) is 31.9 Å². The molecule has 1 aliphatic rings. The average Bonchev–Trinajstić information content (AvgIpc) is 3.14. The zero-order chi connectivity index (χ0) is 17.9. The van der Waals surface area contributed by atoms with Crippen LogP contribution in [0.3, 0.4) is 0 Å². The molecule has 1 aliphatic heterocycles. The van der Waals surface area contributed by atoms with Crippen molar-refractivity contribution in [3.63, 3.8) is 0 Å². The van der Waals surface area contributed by atoms with E-state index in [1.807, 2.05) is 18.2 Å². The van der Waals surface area contributed by atoms with E-state index in [9.17, 15) is 8.78 Å². The summed E-state index contributed by atoms with van der Waals surface area (Å²) in [5, 5.41) is 7.32. The van der Waals surface area contributed by atoms with Crippen LogP contribution in [0.2, 0.25) is 0 Å². The molecular weight excluding hydrogens is 332 g/mol. The molecule has 4 rings (SSSR count). The number of hydrogen-bond donors (Lipinski definition) is 1. The van der Waals surface area contributed by atoms with E-state index >= 15 is 0 Å². The maximum absolute atomic E-state index is 14.0. The number of nitrogens with one attached hydrogen (secondary N) is 1. The van der Waals surface area contributed by atoms with E-state index in [1.54, 1.807) is 18.3 Å². The molecule has 1 atom stereocenters. The van der Waals surface area contributed by atoms with Crippen LogP contribution in [0.5, 0.6) is 0 Å². The molecule has 1 aromatic heterocycles. The van der Waals surface area contributed by atoms with Crippen molar-refractivity contribution < 1.29 is 8.78 Å². The fourth-order valence-corrected chi connectivity index (χ4v) is 3.80. The molecule has 0 radical (unpaired) electrons. The van der Waals surface area contributed by atoms with Crippen LogP contribution < -0.4 is 0 Å². The molecule has 3 nitrogen and oxygen atoms in total. The van der Waals surface area contributed by atoms with E-state index in [0.717, 1.165) is 48.3 Å². The minimum absolute atomic E-state index is 0.156. The van der Waals surface area contributed by atoms with Crippen molar-refractivity contribution in [3.05, 3.63) is 77.6 Å². The molecule has 2 heterocycles. The second-order valence-corrected chi connectivity index (χ2v) is 6.87. The lowest BCUT2D eigenvalue weighted by Crippen LogP contribution is -2.34. The SMILES string of the molecule is Fc1cccc(-c2cn[nH]c2C2CCCN(Cc3ccccc3F)C2)c1. The van der Waals surface area contributed by atoms with Gasteiger partial charge < -0.3 is 0 Å². The molecule has 0 aliphatic carbocycles. The maximum atomic E-state index is 14.0. The Morgan fingerprint density at radius 3 is 2.85 bits per heavy atom. The summed E-state index contributed by atoms with van der Waals surface area (Å²) < 4.78 is 27.6. The largest absolute Gasteiger partial charge is 0.298 e. The van der Waals surface area contributed by atoms with Crippen LogP contribution in [-0.4, -0.2) is 28.2 Å². The highest BCUT2D eigenvalue weighted by atomic mass is 19.1. The van der Waals surface area contributed by atoms with Crippen LogP contribution in [0.4, 0.5) is 8.78 Å². The quantitative estimate of drug-likeness (QED) is 0.735. The number of aromatic nitrogens is 2. The van der Waals surface area contributed by atoms with Gasteiger partial charge in [0.15, 0.2) is 0 Å². The normalized spacial score (nSPS) is 18.2. The number of nitrogens with zero attached hydrogens (tertiary/aromatic N) is 2. The predicted octanol–water partition coefficient (Wildman–Crippen LogP) is 4.73. The Bertz CT molecular complexity index is 890. The first-order valence-corrected chi connectivity index (χ1v) is 8.95. The Labute approximate surface area is 151 Å². The predicted molar refractivity (Wildman–Crippen MR) is 97.6 cm³/mol. The van der Waals surface area contributed by atoms with Crippen molar-refractivity contribution in [1.82, 2.24) is 15.1 Å². The summed E-state index contributed by atoms with van der Waals surface area (Å²) in [6.45, 7) is 2.39. The first-order chi connectivity index (χ1) is 12.7. The summed E-state index contributed by atoms with van der Waals surface area (Å²) in [6.07, 6.45) is 3.85. The lowest BCUT2D eigenvalue weighted by Gasteiger charge is -2.32. The molecule has 1 saturated heterocycles. The van der Waals surface area contributed by atoms with Crippen molar-refractivity contribution in [1.29, 1.82) is 0 Å². The number of piperidine rings is 1. The number of aromatic amines is 1. The van der Waals surface area contributed by atoms with Gasteiger partial charge in [0.25, 0.3) is 0 Å². The molecule has 134 valence electrons. The molecule has 3 aromatic rings. The van der Waals surface area contributed by atoms with Crippen molar-refractivity contribution in [3.8, 4) is 11.1 Å². The molecule has 0 bridgehead atoms. The summed E-state index contributed by atoms with van der Waals surface area (Å²) in [7, 11) is 0. The highest BCUT2D eigenvalue weighted by molar-refractivity contribution is 5.65. The summed E-state index contributed by atoms with van der Waals surface area (Å²) in [5.41, 5.74) is 3.54. The van der Waals surface area contributed by atoms with Crippen LogP contribution in [0, 0.1) is 11.6 Å². The molecule has 0 spiro atoms. The van der Waals surface area contributed by atoms with Crippen LogP contribution in [-0.2, 0) is 6.54 Å². The molecule has 1 fully saturated rings. The van der Waals surface area contributed by atoms with Crippen molar-refractivity contribution in [2.45, 2.75) is 25.3 Å². The monoisotopic (exact) mass is 353 g/mol. The van der Waals surface area contributed by atoms with E-state index < -0.39 is 0 Å². The van der Waals surface area contributed by atoms with Gasteiger partial charge in [-0.2, -0.15) is 5.10 Å². The summed E-state index contributed by atoms with van der Waals surface area (Å²) in [6, 6.07) is 13.5. The smallest absolute Gasteiger partial charge is 0.127 e. The van der Waals surface area contributed by atoms with Crippen LogP contribution in [0.25, 0.3) is 11.1 Å². The van der Waals surface area contributed by atoms with Gasteiger partial charge in [0.2, 0.25) is 0 Å². The highest BCUT2D eigenvalue weighted by Gasteiger charge is 2.25. The number of halogens is 2. The van der Waals surface area contributed by atoms with Crippen molar-refractivity contribution >= 4 is 0 Å². The fraction of sp³-hybridized carbons (Fsp3) is 0.286. The Kier molecular flexibility index (Phi) is 4.80. The number of benzene rings is 2. The minimum atomic E-state index is -0.250. The number of rotatable bonds is 4. The zero-order valence-electron chi connectivity index (χ0n) is 14.5. The third-order valence-electron chi connectivity index (χ3n) is 5.07. The van der Waals surface area contributed by atoms with E-state index in [0.29, 0.717) is 6.54 Å². The van der Waals surface area contributed by atoms with Crippen LogP contribution in [0.15, 0.2) is 54.7 Å². The van der Waals surface area contributed by atoms with Crippen LogP contribution in [0.1, 0.15) is 30.0 Å². The number of H-pyrrole nitrogens is 1. The Balaban J connectivity index is 1.54. The van der Waals surface area contributed by atoms with Gasteiger partial charge in [-0.3, -0.25) is 10.00 Å². The second-order valence-electron chi connectivity index (χ2n) is 6.87. The second kappa shape index (κ2) is 7.38. The lowest BCUT2D eigenvalue weighted by molar-refractivity contribution is 0.196. The van der Waals surface area contributed by atoms with Gasteiger partial charge >= 0.3 is 0 Å². The minimum Gasteiger partial charge on any atom is -0.298 e. The van der Waals surface area contributed by atoms with Gasteiger partial charge in [-0.25, -0.2) is 8.78 Å². The van der Waals surface area contributed by atoms with Crippen LogP contribution >= 0.6 is 0 Å². The summed E-state index contributed by atoms with van der Waals surface area (Å²) >= 11 is 0. The third-order valence-corrected chi connectivity index (χ3v) is 5.07. The van der Waals surface area contributed by atoms with E-state index in [-0.39, 0.29) is 17.6 Å². The highest BCUT2D eigenvalue weighted by Crippen LogP contribution is 2.33. The Morgan fingerprint density at radius 1 is 1.12 bits per heavy atom. The van der Waals surface area contributed by atoms with Gasteiger partial charge in [0.1, 0.15) is 11.6 Å².